The van der Waals surface area contributed by atoms with Crippen LogP contribution >= 0.6 is 0 Å². The van der Waals surface area contributed by atoms with Gasteiger partial charge in [-0.3, -0.25) is 0 Å². The van der Waals surface area contributed by atoms with E-state index in [1.165, 1.54) is 0 Å². The van der Waals surface area contributed by atoms with Gasteiger partial charge in [-0.15, -0.1) is 0 Å². The highest BCUT2D eigenvalue weighted by atomic mass is 28.2. The first-order valence-electron chi connectivity index (χ1n) is 3.00. The maximum atomic E-state index is 10.3. The molecular formula is C6H14O2Si. The van der Waals surface area contributed by atoms with E-state index in [1.807, 2.05) is 20.8 Å². The number of hydrogen-bond donors (Lipinski definition) is 0. The Morgan fingerprint density at radius 1 is 1.56 bits per heavy atom. The summed E-state index contributed by atoms with van der Waals surface area (Å²) in [4.78, 5) is 10.3. The van der Waals surface area contributed by atoms with E-state index in [2.05, 4.69) is 0 Å². The quantitative estimate of drug-likeness (QED) is 0.401. The molecule has 0 aromatic rings. The van der Waals surface area contributed by atoms with E-state index in [4.69, 9.17) is 4.43 Å². The van der Waals surface area contributed by atoms with Crippen LogP contribution in [0.1, 0.15) is 20.8 Å². The number of aldehydes is 1. The lowest BCUT2D eigenvalue weighted by Gasteiger charge is -2.24. The van der Waals surface area contributed by atoms with Gasteiger partial charge in [0.2, 0.25) is 0 Å². The van der Waals surface area contributed by atoms with Gasteiger partial charge in [0.05, 0.1) is 0 Å². The topological polar surface area (TPSA) is 26.3 Å². The molecule has 0 heterocycles. The van der Waals surface area contributed by atoms with Crippen molar-refractivity contribution in [2.24, 2.45) is 5.41 Å². The van der Waals surface area contributed by atoms with Gasteiger partial charge in [0, 0.05) is 0 Å². The molecule has 54 valence electrons. The number of carbonyl (C=O) groups is 1. The number of rotatable bonds is 2. The van der Waals surface area contributed by atoms with E-state index in [-0.39, 0.29) is 11.5 Å². The molecular weight excluding hydrogens is 132 g/mol. The van der Waals surface area contributed by atoms with Crippen LogP contribution in [0.3, 0.4) is 0 Å². The Morgan fingerprint density at radius 3 is 2.00 bits per heavy atom. The van der Waals surface area contributed by atoms with E-state index in [0.29, 0.717) is 10.5 Å². The zero-order valence-corrected chi connectivity index (χ0v) is 8.47. The molecule has 0 aliphatic carbocycles. The van der Waals surface area contributed by atoms with Crippen LogP contribution in [-0.2, 0) is 9.22 Å². The third-order valence-corrected chi connectivity index (χ3v) is 1.74. The van der Waals surface area contributed by atoms with Crippen LogP contribution in [0.2, 0.25) is 0 Å². The monoisotopic (exact) mass is 146 g/mol. The van der Waals surface area contributed by atoms with Crippen molar-refractivity contribution in [2.75, 3.05) is 0 Å². The lowest BCUT2D eigenvalue weighted by molar-refractivity contribution is -0.117. The molecule has 0 rings (SSSR count). The Labute approximate surface area is 59.1 Å². The summed E-state index contributed by atoms with van der Waals surface area (Å²) in [6.45, 7) is 5.97. The van der Waals surface area contributed by atoms with Crippen LogP contribution in [0.15, 0.2) is 0 Å². The van der Waals surface area contributed by atoms with Gasteiger partial charge in [0.1, 0.15) is 22.9 Å². The first-order chi connectivity index (χ1) is 4.02. The van der Waals surface area contributed by atoms with Crippen molar-refractivity contribution in [3.05, 3.63) is 0 Å². The van der Waals surface area contributed by atoms with Gasteiger partial charge in [-0.05, 0) is 5.41 Å². The third-order valence-electron chi connectivity index (χ3n) is 1.23. The lowest BCUT2D eigenvalue weighted by Crippen LogP contribution is -2.29. The first kappa shape index (κ1) is 8.85. The Hall–Kier alpha value is -0.153. The summed E-state index contributed by atoms with van der Waals surface area (Å²) in [7, 11) is 0.631. The van der Waals surface area contributed by atoms with Gasteiger partial charge in [-0.1, -0.05) is 20.8 Å². The summed E-state index contributed by atoms with van der Waals surface area (Å²) in [5.41, 5.74) is -0.0382. The Balaban J connectivity index is 3.94. The molecule has 0 saturated carbocycles. The highest BCUT2D eigenvalue weighted by molar-refractivity contribution is 5.99. The molecule has 0 fully saturated rings. The molecule has 3 heteroatoms. The SMILES string of the molecule is CC(C)(C)C(C=O)O[SiH3]. The molecule has 0 spiro atoms. The van der Waals surface area contributed by atoms with Gasteiger partial charge < -0.3 is 9.22 Å². The molecule has 1 atom stereocenters. The van der Waals surface area contributed by atoms with Crippen LogP contribution in [0.4, 0.5) is 0 Å². The van der Waals surface area contributed by atoms with Crippen molar-refractivity contribution in [3.63, 3.8) is 0 Å². The van der Waals surface area contributed by atoms with Crippen LogP contribution in [-0.4, -0.2) is 22.9 Å². The Kier molecular flexibility index (Phi) is 3.07. The molecule has 1 unspecified atom stereocenters. The second kappa shape index (κ2) is 3.13. The van der Waals surface area contributed by atoms with Crippen LogP contribution in [0, 0.1) is 5.41 Å². The molecule has 0 bridgehead atoms. The minimum absolute atomic E-state index is 0.0382. The fourth-order valence-corrected chi connectivity index (χ4v) is 1.43. The fraction of sp³-hybridized carbons (Fsp3) is 0.833. The predicted octanol–water partition coefficient (Wildman–Crippen LogP) is -0.103. The maximum Gasteiger partial charge on any atom is 0.148 e. The van der Waals surface area contributed by atoms with E-state index < -0.39 is 0 Å². The molecule has 0 aliphatic rings. The van der Waals surface area contributed by atoms with Crippen molar-refractivity contribution in [2.45, 2.75) is 26.9 Å². The van der Waals surface area contributed by atoms with Gasteiger partial charge in [0.25, 0.3) is 0 Å². The molecule has 2 nitrogen and oxygen atoms in total. The van der Waals surface area contributed by atoms with E-state index >= 15 is 0 Å². The van der Waals surface area contributed by atoms with Crippen LogP contribution in [0.5, 0.6) is 0 Å². The highest BCUT2D eigenvalue weighted by Crippen LogP contribution is 2.19. The molecule has 0 amide bonds. The molecule has 0 N–H and O–H groups in total. The normalized spacial score (nSPS) is 15.4. The minimum Gasteiger partial charge on any atom is -0.418 e. The summed E-state index contributed by atoms with van der Waals surface area (Å²) in [5, 5.41) is 0. The average molecular weight is 146 g/mol. The standard InChI is InChI=1S/C6H14O2Si/c1-6(2,3)5(4-7)8-9/h4-5H,1-3,9H3. The van der Waals surface area contributed by atoms with Crippen molar-refractivity contribution in [1.29, 1.82) is 0 Å². The summed E-state index contributed by atoms with van der Waals surface area (Å²) in [6, 6.07) is 0. The second-order valence-corrected chi connectivity index (χ2v) is 3.63. The van der Waals surface area contributed by atoms with Crippen molar-refractivity contribution in [1.82, 2.24) is 0 Å². The van der Waals surface area contributed by atoms with E-state index in [9.17, 15) is 4.79 Å². The van der Waals surface area contributed by atoms with Gasteiger partial charge in [0.15, 0.2) is 0 Å². The highest BCUT2D eigenvalue weighted by Gasteiger charge is 2.22. The van der Waals surface area contributed by atoms with Gasteiger partial charge in [-0.25, -0.2) is 0 Å². The summed E-state index contributed by atoms with van der Waals surface area (Å²) in [6.07, 6.45) is 0.650. The summed E-state index contributed by atoms with van der Waals surface area (Å²) >= 11 is 0. The lowest BCUT2D eigenvalue weighted by atomic mass is 9.90. The van der Waals surface area contributed by atoms with Gasteiger partial charge >= 0.3 is 0 Å². The Bertz CT molecular complexity index is 95.7. The number of carbonyl (C=O) groups excluding carboxylic acids is 1. The average Bonchev–Trinajstić information content (AvgIpc) is 1.65. The minimum atomic E-state index is -0.218. The van der Waals surface area contributed by atoms with Crippen molar-refractivity contribution in [3.8, 4) is 0 Å². The maximum absolute atomic E-state index is 10.3. The first-order valence-corrected chi connectivity index (χ1v) is 3.82. The van der Waals surface area contributed by atoms with Crippen LogP contribution < -0.4 is 0 Å². The molecule has 0 aromatic heterocycles. The fourth-order valence-electron chi connectivity index (χ4n) is 0.613. The van der Waals surface area contributed by atoms with E-state index in [0.717, 1.165) is 6.29 Å². The van der Waals surface area contributed by atoms with Crippen LogP contribution in [0.25, 0.3) is 0 Å². The largest absolute Gasteiger partial charge is 0.418 e. The molecule has 9 heavy (non-hydrogen) atoms. The molecule has 0 radical (unpaired) electrons. The van der Waals surface area contributed by atoms with Gasteiger partial charge in [-0.2, -0.15) is 0 Å². The van der Waals surface area contributed by atoms with Crippen molar-refractivity contribution >= 4 is 16.8 Å². The molecule has 0 aromatic carbocycles. The smallest absolute Gasteiger partial charge is 0.148 e. The molecule has 0 saturated heterocycles. The van der Waals surface area contributed by atoms with Crippen molar-refractivity contribution < 1.29 is 9.22 Å². The third kappa shape index (κ3) is 2.77. The molecule has 0 aliphatic heterocycles. The summed E-state index contributed by atoms with van der Waals surface area (Å²) < 4.78 is 5.03. The second-order valence-electron chi connectivity index (χ2n) is 3.16. The van der Waals surface area contributed by atoms with E-state index in [1.54, 1.807) is 0 Å². The summed E-state index contributed by atoms with van der Waals surface area (Å²) in [5.74, 6) is 0. The predicted molar refractivity (Wildman–Crippen MR) is 40.3 cm³/mol. The zero-order valence-electron chi connectivity index (χ0n) is 6.47. The number of hydrogen-bond acceptors (Lipinski definition) is 2. The Morgan fingerprint density at radius 2 is 2.00 bits per heavy atom. The zero-order chi connectivity index (χ0) is 7.49.